The standard InChI is InChI=1S/C21H21N3O5S/c25-20-6-3-11-24(20)16-7-9-17(10-8-16)30(28,29)23-19(21(26)27)13-15-12-14-4-1-2-5-18(14)22-15/h1-2,4-5,7-10,12,19,22-23H,3,6,11,13H2,(H,26,27)/t19-/m0/s1. The second-order valence-electron chi connectivity index (χ2n) is 7.24. The van der Waals surface area contributed by atoms with Gasteiger partial charge in [0.1, 0.15) is 6.04 Å². The fourth-order valence-electron chi connectivity index (χ4n) is 3.62. The van der Waals surface area contributed by atoms with Crippen LogP contribution >= 0.6 is 0 Å². The Morgan fingerprint density at radius 3 is 2.53 bits per heavy atom. The molecule has 2 aromatic carbocycles. The molecule has 30 heavy (non-hydrogen) atoms. The molecule has 0 aliphatic carbocycles. The first kappa shape index (κ1) is 20.1. The number of fused-ring (bicyclic) bond motifs is 1. The largest absolute Gasteiger partial charge is 0.480 e. The predicted octanol–water partition coefficient (Wildman–Crippen LogP) is 2.27. The minimum atomic E-state index is -4.06. The number of H-pyrrole nitrogens is 1. The van der Waals surface area contributed by atoms with Crippen LogP contribution in [0.15, 0.2) is 59.5 Å². The maximum atomic E-state index is 12.7. The van der Waals surface area contributed by atoms with E-state index in [4.69, 9.17) is 0 Å². The van der Waals surface area contributed by atoms with Crippen molar-refractivity contribution in [3.8, 4) is 0 Å². The van der Waals surface area contributed by atoms with E-state index in [0.717, 1.165) is 17.3 Å². The summed E-state index contributed by atoms with van der Waals surface area (Å²) in [6.07, 6.45) is 1.23. The van der Waals surface area contributed by atoms with Gasteiger partial charge in [0, 0.05) is 36.3 Å². The van der Waals surface area contributed by atoms with Crippen molar-refractivity contribution in [1.82, 2.24) is 9.71 Å². The third-order valence-electron chi connectivity index (χ3n) is 5.14. The molecule has 0 bridgehead atoms. The van der Waals surface area contributed by atoms with Gasteiger partial charge in [-0.3, -0.25) is 9.59 Å². The van der Waals surface area contributed by atoms with Gasteiger partial charge < -0.3 is 15.0 Å². The molecule has 0 radical (unpaired) electrons. The Hall–Kier alpha value is -3.17. The fraction of sp³-hybridized carbons (Fsp3) is 0.238. The van der Waals surface area contributed by atoms with E-state index in [9.17, 15) is 23.1 Å². The summed E-state index contributed by atoms with van der Waals surface area (Å²) < 4.78 is 27.8. The van der Waals surface area contributed by atoms with Gasteiger partial charge in [0.05, 0.1) is 4.90 Å². The number of carboxylic acid groups (broad SMARTS) is 1. The van der Waals surface area contributed by atoms with Gasteiger partial charge in [-0.25, -0.2) is 8.42 Å². The van der Waals surface area contributed by atoms with Crippen LogP contribution in [-0.2, 0) is 26.0 Å². The summed E-state index contributed by atoms with van der Waals surface area (Å²) in [7, 11) is -4.06. The summed E-state index contributed by atoms with van der Waals surface area (Å²) in [6.45, 7) is 0.606. The van der Waals surface area contributed by atoms with Crippen LogP contribution in [0.25, 0.3) is 10.9 Å². The molecule has 156 valence electrons. The lowest BCUT2D eigenvalue weighted by Crippen LogP contribution is -2.42. The van der Waals surface area contributed by atoms with Crippen LogP contribution in [0.1, 0.15) is 18.5 Å². The van der Waals surface area contributed by atoms with E-state index in [1.807, 2.05) is 24.3 Å². The molecule has 1 saturated heterocycles. The maximum Gasteiger partial charge on any atom is 0.322 e. The van der Waals surface area contributed by atoms with Crippen LogP contribution in [-0.4, -0.2) is 43.0 Å². The van der Waals surface area contributed by atoms with Crippen molar-refractivity contribution in [1.29, 1.82) is 0 Å². The number of anilines is 1. The molecule has 0 saturated carbocycles. The Kier molecular flexibility index (Phi) is 5.31. The lowest BCUT2D eigenvalue weighted by molar-refractivity contribution is -0.139. The first-order valence-electron chi connectivity index (χ1n) is 9.56. The average Bonchev–Trinajstić information content (AvgIpc) is 3.32. The highest BCUT2D eigenvalue weighted by atomic mass is 32.2. The zero-order valence-corrected chi connectivity index (χ0v) is 16.9. The summed E-state index contributed by atoms with van der Waals surface area (Å²) in [5.74, 6) is -1.26. The number of rotatable bonds is 7. The van der Waals surface area contributed by atoms with Gasteiger partial charge in [-0.1, -0.05) is 18.2 Å². The molecule has 2 heterocycles. The predicted molar refractivity (Wildman–Crippen MR) is 112 cm³/mol. The Bertz CT molecular complexity index is 1170. The van der Waals surface area contributed by atoms with Gasteiger partial charge in [0.2, 0.25) is 15.9 Å². The van der Waals surface area contributed by atoms with E-state index < -0.39 is 22.0 Å². The molecule has 4 rings (SSSR count). The topological polar surface area (TPSA) is 120 Å². The summed E-state index contributed by atoms with van der Waals surface area (Å²) in [5.41, 5.74) is 2.10. The molecule has 1 aliphatic rings. The van der Waals surface area contributed by atoms with E-state index >= 15 is 0 Å². The molecule has 1 aliphatic heterocycles. The number of hydrogen-bond donors (Lipinski definition) is 3. The molecule has 3 aromatic rings. The van der Waals surface area contributed by atoms with Gasteiger partial charge in [-0.15, -0.1) is 0 Å². The Balaban J connectivity index is 1.52. The van der Waals surface area contributed by atoms with Crippen molar-refractivity contribution in [2.24, 2.45) is 0 Å². The molecule has 1 fully saturated rings. The zero-order valence-electron chi connectivity index (χ0n) is 16.0. The number of amides is 1. The smallest absolute Gasteiger partial charge is 0.322 e. The number of hydrogen-bond acceptors (Lipinski definition) is 4. The minimum absolute atomic E-state index is 0.00741. The van der Waals surface area contributed by atoms with E-state index in [-0.39, 0.29) is 17.2 Å². The van der Waals surface area contributed by atoms with Crippen molar-refractivity contribution < 1.29 is 23.1 Å². The molecule has 1 atom stereocenters. The quantitative estimate of drug-likeness (QED) is 0.534. The summed E-state index contributed by atoms with van der Waals surface area (Å²) in [5, 5.41) is 10.5. The second kappa shape index (κ2) is 7.92. The third kappa shape index (κ3) is 4.07. The number of carbonyl (C=O) groups excluding carboxylic acids is 1. The molecule has 0 spiro atoms. The lowest BCUT2D eigenvalue weighted by atomic mass is 10.1. The van der Waals surface area contributed by atoms with Crippen LogP contribution < -0.4 is 9.62 Å². The normalized spacial score (nSPS) is 15.6. The van der Waals surface area contributed by atoms with Crippen LogP contribution in [0.5, 0.6) is 0 Å². The van der Waals surface area contributed by atoms with Gasteiger partial charge in [-0.05, 0) is 48.2 Å². The Morgan fingerprint density at radius 2 is 1.90 bits per heavy atom. The lowest BCUT2D eigenvalue weighted by Gasteiger charge is -2.17. The third-order valence-corrected chi connectivity index (χ3v) is 6.62. The number of aromatic nitrogens is 1. The molecular formula is C21H21N3O5S. The van der Waals surface area contributed by atoms with Crippen molar-refractivity contribution in [2.45, 2.75) is 30.2 Å². The number of sulfonamides is 1. The van der Waals surface area contributed by atoms with E-state index in [0.29, 0.717) is 24.3 Å². The highest BCUT2D eigenvalue weighted by Crippen LogP contribution is 2.23. The summed E-state index contributed by atoms with van der Waals surface area (Å²) in [6, 6.07) is 13.8. The number of benzene rings is 2. The number of carboxylic acids is 1. The molecular weight excluding hydrogens is 406 g/mol. The fourth-order valence-corrected chi connectivity index (χ4v) is 4.81. The van der Waals surface area contributed by atoms with Crippen molar-refractivity contribution in [3.05, 3.63) is 60.3 Å². The number of aliphatic carboxylic acids is 1. The van der Waals surface area contributed by atoms with Crippen LogP contribution in [0, 0.1) is 0 Å². The SMILES string of the molecule is O=C(O)[C@H](Cc1cc2ccccc2[nH]1)NS(=O)(=O)c1ccc(N2CCCC2=O)cc1. The van der Waals surface area contributed by atoms with Gasteiger partial charge in [-0.2, -0.15) is 4.72 Å². The number of carbonyl (C=O) groups is 2. The number of para-hydroxylation sites is 1. The first-order valence-corrected chi connectivity index (χ1v) is 11.0. The van der Waals surface area contributed by atoms with Gasteiger partial charge in [0.15, 0.2) is 0 Å². The van der Waals surface area contributed by atoms with Crippen molar-refractivity contribution in [3.63, 3.8) is 0 Å². The molecule has 9 heteroatoms. The Labute approximate surface area is 173 Å². The van der Waals surface area contributed by atoms with Gasteiger partial charge in [0.25, 0.3) is 0 Å². The minimum Gasteiger partial charge on any atom is -0.480 e. The van der Waals surface area contributed by atoms with Crippen molar-refractivity contribution >= 4 is 38.5 Å². The summed E-state index contributed by atoms with van der Waals surface area (Å²) in [4.78, 5) is 28.2. The molecule has 3 N–H and O–H groups in total. The molecule has 8 nitrogen and oxygen atoms in total. The molecule has 0 unspecified atom stereocenters. The average molecular weight is 427 g/mol. The van der Waals surface area contributed by atoms with Crippen LogP contribution in [0.4, 0.5) is 5.69 Å². The number of nitrogens with one attached hydrogen (secondary N) is 2. The summed E-state index contributed by atoms with van der Waals surface area (Å²) >= 11 is 0. The van der Waals surface area contributed by atoms with Crippen molar-refractivity contribution in [2.75, 3.05) is 11.4 Å². The van der Waals surface area contributed by atoms with E-state index in [1.54, 1.807) is 23.1 Å². The number of aromatic amines is 1. The zero-order chi connectivity index (χ0) is 21.3. The van der Waals surface area contributed by atoms with Gasteiger partial charge >= 0.3 is 5.97 Å². The Morgan fingerprint density at radius 1 is 1.17 bits per heavy atom. The maximum absolute atomic E-state index is 12.7. The second-order valence-corrected chi connectivity index (χ2v) is 8.95. The molecule has 1 amide bonds. The van der Waals surface area contributed by atoms with E-state index in [1.165, 1.54) is 12.1 Å². The first-order chi connectivity index (χ1) is 14.3. The van der Waals surface area contributed by atoms with Crippen LogP contribution in [0.2, 0.25) is 0 Å². The monoisotopic (exact) mass is 427 g/mol. The van der Waals surface area contributed by atoms with Crippen LogP contribution in [0.3, 0.4) is 0 Å². The number of nitrogens with zero attached hydrogens (tertiary/aromatic N) is 1. The van der Waals surface area contributed by atoms with E-state index in [2.05, 4.69) is 9.71 Å². The highest BCUT2D eigenvalue weighted by Gasteiger charge is 2.27. The highest BCUT2D eigenvalue weighted by molar-refractivity contribution is 7.89. The molecule has 1 aromatic heterocycles.